The average molecular weight is 501 g/mol. The van der Waals surface area contributed by atoms with Crippen molar-refractivity contribution in [2.75, 3.05) is 54.9 Å². The number of hydrogen-bond donors (Lipinski definition) is 2. The molecule has 37 heavy (non-hydrogen) atoms. The number of H-pyrrole nitrogens is 1. The Morgan fingerprint density at radius 3 is 2.78 bits per heavy atom. The third kappa shape index (κ3) is 4.16. The minimum absolute atomic E-state index is 0.203. The zero-order valence-electron chi connectivity index (χ0n) is 21.0. The molecule has 0 atom stereocenters. The van der Waals surface area contributed by atoms with E-state index in [4.69, 9.17) is 0 Å². The number of carbonyl (C=O) groups excluding carboxylic acids is 1. The molecule has 1 aromatic carbocycles. The zero-order chi connectivity index (χ0) is 25.5. The third-order valence-electron chi connectivity index (χ3n) is 7.19. The summed E-state index contributed by atoms with van der Waals surface area (Å²) in [7, 11) is 1.84. The van der Waals surface area contributed by atoms with Gasteiger partial charge in [-0.05, 0) is 42.1 Å². The van der Waals surface area contributed by atoms with Gasteiger partial charge in [0, 0.05) is 56.1 Å². The fraction of sp³-hybridized carbons (Fsp3) is 0.375. The largest absolute Gasteiger partial charge is 0.354 e. The molecule has 5 heterocycles. The number of aromatic amines is 1. The number of fused-ring (bicyclic) bond motifs is 2. The highest BCUT2D eigenvalue weighted by Crippen LogP contribution is 2.30. The summed E-state index contributed by atoms with van der Waals surface area (Å²) in [5.74, 6) is 1.30. The van der Waals surface area contributed by atoms with Crippen LogP contribution in [0.1, 0.15) is 13.8 Å². The van der Waals surface area contributed by atoms with Crippen molar-refractivity contribution in [3.8, 4) is 11.4 Å². The van der Waals surface area contributed by atoms with Gasteiger partial charge in [-0.3, -0.25) is 9.89 Å². The average Bonchev–Trinajstić information content (AvgIpc) is 3.58. The van der Waals surface area contributed by atoms with Gasteiger partial charge in [0.25, 0.3) is 5.91 Å². The second-order valence-corrected chi connectivity index (χ2v) is 9.23. The maximum Gasteiger partial charge on any atom is 0.255 e. The lowest BCUT2D eigenvalue weighted by molar-refractivity contribution is -0.113. The maximum absolute atomic E-state index is 13.2. The number of anilines is 3. The van der Waals surface area contributed by atoms with Gasteiger partial charge >= 0.3 is 0 Å². The molecule has 0 radical (unpaired) electrons. The van der Waals surface area contributed by atoms with Gasteiger partial charge in [0.05, 0.1) is 23.3 Å². The second-order valence-electron chi connectivity index (χ2n) is 9.23. The van der Waals surface area contributed by atoms with Crippen molar-refractivity contribution in [2.45, 2.75) is 20.4 Å². The number of hydrogen-bond acceptors (Lipinski definition) is 10. The van der Waals surface area contributed by atoms with Crippen molar-refractivity contribution in [2.24, 2.45) is 0 Å². The fourth-order valence-electron chi connectivity index (χ4n) is 4.83. The molecule has 0 bridgehead atoms. The van der Waals surface area contributed by atoms with Crippen LogP contribution in [0.15, 0.2) is 41.9 Å². The van der Waals surface area contributed by atoms with E-state index in [-0.39, 0.29) is 5.91 Å². The number of carbonyl (C=O) groups is 1. The van der Waals surface area contributed by atoms with E-state index < -0.39 is 0 Å². The summed E-state index contributed by atoms with van der Waals surface area (Å²) in [5, 5.41) is 23.2. The number of allylic oxidation sites excluding steroid dienone is 1. The van der Waals surface area contributed by atoms with Crippen LogP contribution < -0.4 is 15.1 Å². The molecule has 13 nitrogen and oxygen atoms in total. The van der Waals surface area contributed by atoms with Crippen LogP contribution in [-0.2, 0) is 11.3 Å². The van der Waals surface area contributed by atoms with Gasteiger partial charge in [0.1, 0.15) is 17.8 Å². The first kappa shape index (κ1) is 23.0. The van der Waals surface area contributed by atoms with E-state index in [0.717, 1.165) is 60.8 Å². The number of likely N-dealkylation sites (N-methyl/N-ethyl adjacent to an activating group) is 1. The van der Waals surface area contributed by atoms with Crippen molar-refractivity contribution in [3.63, 3.8) is 0 Å². The molecule has 13 heteroatoms. The number of nitrogens with one attached hydrogen (secondary N) is 2. The monoisotopic (exact) mass is 500 g/mol. The number of piperazine rings is 1. The number of tetrazole rings is 1. The fourth-order valence-corrected chi connectivity index (χ4v) is 4.83. The van der Waals surface area contributed by atoms with E-state index in [2.05, 4.69) is 57.7 Å². The highest BCUT2D eigenvalue weighted by atomic mass is 16.1. The Bertz CT molecular complexity index is 1500. The summed E-state index contributed by atoms with van der Waals surface area (Å²) in [6, 6.07) is 7.66. The molecule has 2 aliphatic heterocycles. The summed E-state index contributed by atoms with van der Waals surface area (Å²) in [5.41, 5.74) is 4.37. The minimum Gasteiger partial charge on any atom is -0.354 e. The number of amides is 1. The molecule has 0 spiro atoms. The van der Waals surface area contributed by atoms with Crippen LogP contribution in [0.2, 0.25) is 0 Å². The van der Waals surface area contributed by atoms with Gasteiger partial charge in [-0.15, -0.1) is 0 Å². The van der Waals surface area contributed by atoms with E-state index in [1.165, 1.54) is 0 Å². The van der Waals surface area contributed by atoms with Crippen molar-refractivity contribution in [1.29, 1.82) is 0 Å². The highest BCUT2D eigenvalue weighted by molar-refractivity contribution is 6.06. The quantitative estimate of drug-likeness (QED) is 0.415. The van der Waals surface area contributed by atoms with Gasteiger partial charge in [-0.2, -0.15) is 5.10 Å². The number of aromatic nitrogens is 8. The predicted octanol–water partition coefficient (Wildman–Crippen LogP) is 1.51. The van der Waals surface area contributed by atoms with E-state index in [9.17, 15) is 4.79 Å². The number of nitrogens with zero attached hydrogens (tertiary/aromatic N) is 10. The number of rotatable bonds is 5. The molecule has 3 aromatic heterocycles. The molecule has 190 valence electrons. The minimum atomic E-state index is -0.203. The van der Waals surface area contributed by atoms with Crippen LogP contribution in [-0.4, -0.2) is 91.0 Å². The second kappa shape index (κ2) is 9.24. The Balaban J connectivity index is 1.25. The molecule has 0 unspecified atom stereocenters. The molecular weight excluding hydrogens is 472 g/mol. The van der Waals surface area contributed by atoms with E-state index >= 15 is 0 Å². The van der Waals surface area contributed by atoms with Crippen LogP contribution in [0.4, 0.5) is 17.5 Å². The first-order chi connectivity index (χ1) is 18.0. The molecule has 2 N–H and O–H groups in total. The zero-order valence-corrected chi connectivity index (χ0v) is 21.0. The molecule has 6 rings (SSSR count). The number of benzene rings is 1. The van der Waals surface area contributed by atoms with Gasteiger partial charge in [-0.1, -0.05) is 12.0 Å². The normalized spacial score (nSPS) is 16.4. The van der Waals surface area contributed by atoms with Crippen molar-refractivity contribution < 1.29 is 4.79 Å². The molecule has 2 aliphatic rings. The van der Waals surface area contributed by atoms with E-state index in [1.54, 1.807) is 11.0 Å². The lowest BCUT2D eigenvalue weighted by atomic mass is 10.1. The molecule has 1 saturated heterocycles. The highest BCUT2D eigenvalue weighted by Gasteiger charge is 2.27. The van der Waals surface area contributed by atoms with Gasteiger partial charge in [0.2, 0.25) is 5.95 Å². The Kier molecular flexibility index (Phi) is 5.75. The topological polar surface area (TPSA) is 137 Å². The Morgan fingerprint density at radius 2 is 1.97 bits per heavy atom. The Morgan fingerprint density at radius 1 is 1.14 bits per heavy atom. The summed E-state index contributed by atoms with van der Waals surface area (Å²) < 4.78 is 1.61. The van der Waals surface area contributed by atoms with Crippen LogP contribution in [0.25, 0.3) is 22.3 Å². The molecule has 0 aliphatic carbocycles. The lowest BCUT2D eigenvalue weighted by Crippen LogP contribution is -2.46. The predicted molar refractivity (Wildman–Crippen MR) is 139 cm³/mol. The summed E-state index contributed by atoms with van der Waals surface area (Å²) >= 11 is 0. The van der Waals surface area contributed by atoms with Crippen molar-refractivity contribution in [1.82, 2.24) is 45.3 Å². The van der Waals surface area contributed by atoms with Gasteiger partial charge in [-0.25, -0.2) is 14.6 Å². The summed E-state index contributed by atoms with van der Waals surface area (Å²) in [6.45, 7) is 9.34. The third-order valence-corrected chi connectivity index (χ3v) is 7.19. The molecule has 1 fully saturated rings. The lowest BCUT2D eigenvalue weighted by Gasteiger charge is -2.34. The van der Waals surface area contributed by atoms with Crippen LogP contribution in [0.3, 0.4) is 0 Å². The van der Waals surface area contributed by atoms with Crippen LogP contribution >= 0.6 is 0 Å². The summed E-state index contributed by atoms with van der Waals surface area (Å²) in [4.78, 5) is 28.8. The Hall–Kier alpha value is -4.39. The standard InChI is InChI=1S/C24H28N12O/c1-4-34-7-9-35(10-8-34)21-12-20(25-14-26-21)22-17-11-16(5-6-19(17)28-29-22)27-23(37)18-13-36-24(30-31-32-36)33(3)15(18)2/h5-6,11-12,14H,4,7-10,13H2,1-3H3,(H,27,37)(H,28,29). The van der Waals surface area contributed by atoms with Crippen LogP contribution in [0.5, 0.6) is 0 Å². The van der Waals surface area contributed by atoms with Gasteiger partial charge in [0.15, 0.2) is 0 Å². The van der Waals surface area contributed by atoms with Crippen molar-refractivity contribution in [3.05, 3.63) is 41.9 Å². The SMILES string of the molecule is CCN1CCN(c2cc(-c3n[nH]c4ccc(NC(=O)C5=C(C)N(C)c6nnnn6C5)cc34)ncn2)CC1. The summed E-state index contributed by atoms with van der Waals surface area (Å²) in [6.07, 6.45) is 1.59. The first-order valence-electron chi connectivity index (χ1n) is 12.3. The first-order valence-corrected chi connectivity index (χ1v) is 12.3. The molecule has 4 aromatic rings. The molecule has 0 saturated carbocycles. The van der Waals surface area contributed by atoms with E-state index in [0.29, 0.717) is 29.4 Å². The molecular formula is C24H28N12O. The van der Waals surface area contributed by atoms with E-state index in [1.807, 2.05) is 43.1 Å². The smallest absolute Gasteiger partial charge is 0.255 e. The van der Waals surface area contributed by atoms with Crippen molar-refractivity contribution >= 4 is 34.3 Å². The molecule has 1 amide bonds. The maximum atomic E-state index is 13.2. The van der Waals surface area contributed by atoms with Crippen LogP contribution in [0, 0.1) is 0 Å². The Labute approximate surface area is 213 Å². The van der Waals surface area contributed by atoms with Gasteiger partial charge < -0.3 is 20.0 Å².